The first kappa shape index (κ1) is 10.1. The van der Waals surface area contributed by atoms with Crippen LogP contribution in [0.5, 0.6) is 0 Å². The molecule has 13 heavy (non-hydrogen) atoms. The van der Waals surface area contributed by atoms with Gasteiger partial charge in [-0.15, -0.1) is 11.6 Å². The normalized spacial score (nSPS) is 9.62. The minimum Gasteiger partial charge on any atom is -0.326 e. The van der Waals surface area contributed by atoms with E-state index < -0.39 is 0 Å². The molecule has 1 radical (unpaired) electrons. The van der Waals surface area contributed by atoms with Gasteiger partial charge in [0.25, 0.3) is 0 Å². The van der Waals surface area contributed by atoms with Crippen molar-refractivity contribution in [2.24, 2.45) is 0 Å². The quantitative estimate of drug-likeness (QED) is 0.737. The number of hydrogen-bond acceptors (Lipinski definition) is 1. The lowest BCUT2D eigenvalue weighted by molar-refractivity contribution is -0.116. The molecular formula is C10H11ClNO. The van der Waals surface area contributed by atoms with Gasteiger partial charge in [-0.3, -0.25) is 4.79 Å². The third-order valence-electron chi connectivity index (χ3n) is 1.54. The zero-order valence-electron chi connectivity index (χ0n) is 7.22. The average Bonchev–Trinajstić information content (AvgIpc) is 2.16. The van der Waals surface area contributed by atoms with Gasteiger partial charge in [-0.25, -0.2) is 0 Å². The Morgan fingerprint density at radius 3 is 2.77 bits per heavy atom. The minimum absolute atomic E-state index is 0.00634. The summed E-state index contributed by atoms with van der Waals surface area (Å²) in [6.45, 7) is 0. The van der Waals surface area contributed by atoms with Gasteiger partial charge in [0.1, 0.15) is 0 Å². The molecule has 0 unspecified atom stereocenters. The number of amides is 1. The van der Waals surface area contributed by atoms with Crippen LogP contribution in [-0.4, -0.2) is 11.8 Å². The third-order valence-corrected chi connectivity index (χ3v) is 1.81. The first-order valence-corrected chi connectivity index (χ1v) is 4.68. The molecule has 1 aromatic carbocycles. The molecule has 0 atom stereocenters. The van der Waals surface area contributed by atoms with Crippen molar-refractivity contribution in [2.45, 2.75) is 12.8 Å². The Kier molecular flexibility index (Phi) is 4.33. The highest BCUT2D eigenvalue weighted by atomic mass is 35.5. The van der Waals surface area contributed by atoms with Crippen molar-refractivity contribution in [3.63, 3.8) is 0 Å². The molecule has 1 amide bonds. The smallest absolute Gasteiger partial charge is 0.224 e. The third kappa shape index (κ3) is 3.95. The Hall–Kier alpha value is -1.02. The molecule has 0 aliphatic carbocycles. The molecule has 0 aliphatic rings. The van der Waals surface area contributed by atoms with Crippen LogP contribution in [0, 0.1) is 6.07 Å². The summed E-state index contributed by atoms with van der Waals surface area (Å²) in [5, 5.41) is 2.76. The second-order valence-corrected chi connectivity index (χ2v) is 3.01. The maximum Gasteiger partial charge on any atom is 0.224 e. The maximum atomic E-state index is 11.2. The molecule has 69 valence electrons. The number of halogens is 1. The molecule has 0 fully saturated rings. The predicted octanol–water partition coefficient (Wildman–Crippen LogP) is 2.44. The number of carbonyl (C=O) groups excluding carboxylic acids is 1. The molecule has 1 N–H and O–H groups in total. The first-order valence-electron chi connectivity index (χ1n) is 4.15. The van der Waals surface area contributed by atoms with E-state index in [1.165, 1.54) is 0 Å². The van der Waals surface area contributed by atoms with Crippen LogP contribution in [-0.2, 0) is 4.79 Å². The van der Waals surface area contributed by atoms with Crippen LogP contribution in [0.15, 0.2) is 24.3 Å². The van der Waals surface area contributed by atoms with Gasteiger partial charge in [0.05, 0.1) is 0 Å². The van der Waals surface area contributed by atoms with Crippen LogP contribution in [0.1, 0.15) is 12.8 Å². The summed E-state index contributed by atoms with van der Waals surface area (Å²) in [6, 6.07) is 10.0. The van der Waals surface area contributed by atoms with Gasteiger partial charge >= 0.3 is 0 Å². The van der Waals surface area contributed by atoms with Crippen molar-refractivity contribution in [2.75, 3.05) is 11.2 Å². The van der Waals surface area contributed by atoms with E-state index in [9.17, 15) is 4.79 Å². The fourth-order valence-electron chi connectivity index (χ4n) is 0.921. The highest BCUT2D eigenvalue weighted by molar-refractivity contribution is 6.18. The van der Waals surface area contributed by atoms with E-state index in [1.807, 2.05) is 0 Å². The van der Waals surface area contributed by atoms with Gasteiger partial charge in [-0.05, 0) is 24.6 Å². The van der Waals surface area contributed by atoms with E-state index in [2.05, 4.69) is 11.4 Å². The molecule has 0 aliphatic heterocycles. The van der Waals surface area contributed by atoms with E-state index >= 15 is 0 Å². The maximum absolute atomic E-state index is 11.2. The van der Waals surface area contributed by atoms with Crippen LogP contribution >= 0.6 is 11.6 Å². The molecule has 0 saturated heterocycles. The van der Waals surface area contributed by atoms with E-state index in [4.69, 9.17) is 11.6 Å². The molecule has 0 aromatic heterocycles. The second kappa shape index (κ2) is 5.60. The standard InChI is InChI=1S/C10H11ClNO/c11-8-4-7-10(13)12-9-5-2-1-3-6-9/h2-3,5-6H,4,7-8H2,(H,12,13). The fourth-order valence-corrected chi connectivity index (χ4v) is 1.05. The SMILES string of the molecule is O=C(CCCCl)Nc1cc[c]cc1. The number of carbonyl (C=O) groups is 1. The van der Waals surface area contributed by atoms with Crippen molar-refractivity contribution >= 4 is 23.2 Å². The van der Waals surface area contributed by atoms with E-state index in [0.29, 0.717) is 18.7 Å². The summed E-state index contributed by atoms with van der Waals surface area (Å²) in [5.41, 5.74) is 0.804. The number of nitrogens with one attached hydrogen (secondary N) is 1. The van der Waals surface area contributed by atoms with E-state index in [-0.39, 0.29) is 5.91 Å². The fraction of sp³-hybridized carbons (Fsp3) is 0.300. The highest BCUT2D eigenvalue weighted by Crippen LogP contribution is 2.05. The summed E-state index contributed by atoms with van der Waals surface area (Å²) in [5.74, 6) is 0.530. The summed E-state index contributed by atoms with van der Waals surface area (Å²) in [6.07, 6.45) is 1.19. The topological polar surface area (TPSA) is 29.1 Å². The Morgan fingerprint density at radius 2 is 2.15 bits per heavy atom. The van der Waals surface area contributed by atoms with Crippen molar-refractivity contribution in [1.82, 2.24) is 0 Å². The van der Waals surface area contributed by atoms with Crippen molar-refractivity contribution < 1.29 is 4.79 Å². The molecule has 0 saturated carbocycles. The van der Waals surface area contributed by atoms with Gasteiger partial charge in [-0.2, -0.15) is 0 Å². The lowest BCUT2D eigenvalue weighted by Gasteiger charge is -2.02. The van der Waals surface area contributed by atoms with Gasteiger partial charge in [0.15, 0.2) is 0 Å². The highest BCUT2D eigenvalue weighted by Gasteiger charge is 1.99. The Labute approximate surface area is 82.9 Å². The minimum atomic E-state index is 0.00634. The Morgan fingerprint density at radius 1 is 1.46 bits per heavy atom. The zero-order valence-corrected chi connectivity index (χ0v) is 7.97. The number of anilines is 1. The van der Waals surface area contributed by atoms with E-state index in [1.54, 1.807) is 24.3 Å². The number of rotatable bonds is 4. The largest absolute Gasteiger partial charge is 0.326 e. The molecule has 0 spiro atoms. The molecule has 0 bridgehead atoms. The number of hydrogen-bond donors (Lipinski definition) is 1. The van der Waals surface area contributed by atoms with Crippen LogP contribution in [0.2, 0.25) is 0 Å². The van der Waals surface area contributed by atoms with Gasteiger partial charge in [0.2, 0.25) is 5.91 Å². The van der Waals surface area contributed by atoms with Crippen molar-refractivity contribution in [3.8, 4) is 0 Å². The summed E-state index contributed by atoms with van der Waals surface area (Å²) in [4.78, 5) is 11.2. The van der Waals surface area contributed by atoms with Crippen molar-refractivity contribution in [1.29, 1.82) is 0 Å². The van der Waals surface area contributed by atoms with Crippen LogP contribution < -0.4 is 5.32 Å². The summed E-state index contributed by atoms with van der Waals surface area (Å²) in [7, 11) is 0. The summed E-state index contributed by atoms with van der Waals surface area (Å²) >= 11 is 5.46. The van der Waals surface area contributed by atoms with Crippen LogP contribution in [0.3, 0.4) is 0 Å². The Balaban J connectivity index is 2.37. The average molecular weight is 197 g/mol. The molecule has 3 heteroatoms. The molecule has 0 heterocycles. The lowest BCUT2D eigenvalue weighted by Crippen LogP contribution is -2.10. The number of alkyl halides is 1. The monoisotopic (exact) mass is 196 g/mol. The van der Waals surface area contributed by atoms with Crippen LogP contribution in [0.4, 0.5) is 5.69 Å². The molecule has 1 rings (SSSR count). The number of benzene rings is 1. The predicted molar refractivity (Wildman–Crippen MR) is 53.9 cm³/mol. The molecular weight excluding hydrogens is 186 g/mol. The molecule has 2 nitrogen and oxygen atoms in total. The Bertz CT molecular complexity index is 261. The molecule has 1 aromatic rings. The van der Waals surface area contributed by atoms with Crippen molar-refractivity contribution in [3.05, 3.63) is 30.3 Å². The first-order chi connectivity index (χ1) is 6.33. The van der Waals surface area contributed by atoms with Crippen LogP contribution in [0.25, 0.3) is 0 Å². The van der Waals surface area contributed by atoms with Gasteiger partial charge in [-0.1, -0.05) is 12.1 Å². The van der Waals surface area contributed by atoms with E-state index in [0.717, 1.165) is 5.69 Å². The van der Waals surface area contributed by atoms with Gasteiger partial charge < -0.3 is 5.32 Å². The zero-order chi connectivity index (χ0) is 9.52. The lowest BCUT2D eigenvalue weighted by atomic mass is 10.3. The second-order valence-electron chi connectivity index (χ2n) is 2.63. The van der Waals surface area contributed by atoms with Gasteiger partial charge in [0, 0.05) is 18.0 Å². The summed E-state index contributed by atoms with van der Waals surface area (Å²) < 4.78 is 0.